The van der Waals surface area contributed by atoms with Crippen LogP contribution in [0.4, 0.5) is 0 Å². The fraction of sp³-hybridized carbons (Fsp3) is 1.00. The van der Waals surface area contributed by atoms with Crippen LogP contribution in [0.5, 0.6) is 0 Å². The summed E-state index contributed by atoms with van der Waals surface area (Å²) in [6, 6.07) is 0. The van der Waals surface area contributed by atoms with Crippen molar-refractivity contribution >= 4 is 10.4 Å². The molecule has 1 atom stereocenters. The van der Waals surface area contributed by atoms with Gasteiger partial charge in [0.2, 0.25) is 0 Å². The third-order valence-corrected chi connectivity index (χ3v) is 1.85. The summed E-state index contributed by atoms with van der Waals surface area (Å²) in [4.78, 5) is 0. The molecule has 1 unspecified atom stereocenters. The van der Waals surface area contributed by atoms with Crippen LogP contribution in [0.2, 0.25) is 0 Å². The van der Waals surface area contributed by atoms with Crippen molar-refractivity contribution in [3.8, 4) is 0 Å². The van der Waals surface area contributed by atoms with Crippen molar-refractivity contribution in [2.75, 3.05) is 13.2 Å². The van der Waals surface area contributed by atoms with E-state index in [-0.39, 0.29) is 12.7 Å². The van der Waals surface area contributed by atoms with E-state index >= 15 is 0 Å². The minimum absolute atomic E-state index is 0.130. The number of hydrogen-bond donors (Lipinski definition) is 1. The van der Waals surface area contributed by atoms with Crippen molar-refractivity contribution in [1.82, 2.24) is 0 Å². The van der Waals surface area contributed by atoms with E-state index in [4.69, 9.17) is 9.29 Å². The molecule has 0 aliphatic rings. The van der Waals surface area contributed by atoms with Crippen LogP contribution in [-0.2, 0) is 19.3 Å². The molecule has 13 heavy (non-hydrogen) atoms. The van der Waals surface area contributed by atoms with Crippen LogP contribution in [0.3, 0.4) is 0 Å². The predicted octanol–water partition coefficient (Wildman–Crippen LogP) is 1.01. The Bertz CT molecular complexity index is 211. The van der Waals surface area contributed by atoms with E-state index in [0.29, 0.717) is 13.0 Å². The quantitative estimate of drug-likeness (QED) is 0.637. The van der Waals surface area contributed by atoms with Crippen molar-refractivity contribution in [2.24, 2.45) is 0 Å². The average molecular weight is 212 g/mol. The lowest BCUT2D eigenvalue weighted by molar-refractivity contribution is 0.0173. The van der Waals surface area contributed by atoms with E-state index < -0.39 is 10.4 Å². The Morgan fingerprint density at radius 3 is 2.38 bits per heavy atom. The fourth-order valence-electron chi connectivity index (χ4n) is 0.730. The molecule has 0 fully saturated rings. The van der Waals surface area contributed by atoms with E-state index in [2.05, 4.69) is 4.18 Å². The van der Waals surface area contributed by atoms with Gasteiger partial charge in [-0.25, -0.2) is 4.18 Å². The number of rotatable bonds is 7. The molecule has 0 radical (unpaired) electrons. The predicted molar refractivity (Wildman–Crippen MR) is 47.8 cm³/mol. The Hall–Kier alpha value is -0.170. The molecule has 0 spiro atoms. The normalized spacial score (nSPS) is 14.4. The minimum Gasteiger partial charge on any atom is -0.376 e. The van der Waals surface area contributed by atoms with Gasteiger partial charge in [-0.1, -0.05) is 13.8 Å². The molecule has 0 aromatic carbocycles. The average Bonchev–Trinajstić information content (AvgIpc) is 2.03. The highest BCUT2D eigenvalue weighted by molar-refractivity contribution is 7.80. The SMILES string of the molecule is CCCOC(CC)COS(=O)(=O)O. The molecule has 0 rings (SSSR count). The van der Waals surface area contributed by atoms with Gasteiger partial charge in [-0.3, -0.25) is 4.55 Å². The molecule has 1 N–H and O–H groups in total. The van der Waals surface area contributed by atoms with Gasteiger partial charge in [-0.2, -0.15) is 8.42 Å². The van der Waals surface area contributed by atoms with E-state index in [1.165, 1.54) is 0 Å². The molecule has 80 valence electrons. The molecule has 0 bridgehead atoms. The van der Waals surface area contributed by atoms with Crippen LogP contribution in [0, 0.1) is 0 Å². The molecule has 0 aliphatic heterocycles. The lowest BCUT2D eigenvalue weighted by Gasteiger charge is -2.13. The van der Waals surface area contributed by atoms with Gasteiger partial charge in [0.1, 0.15) is 0 Å². The number of ether oxygens (including phenoxy) is 1. The molecule has 0 amide bonds. The zero-order valence-corrected chi connectivity index (χ0v) is 8.71. The van der Waals surface area contributed by atoms with Gasteiger partial charge in [0.25, 0.3) is 0 Å². The van der Waals surface area contributed by atoms with Crippen LogP contribution in [0.1, 0.15) is 26.7 Å². The van der Waals surface area contributed by atoms with Gasteiger partial charge >= 0.3 is 10.4 Å². The second-order valence-corrected chi connectivity index (χ2v) is 3.70. The lowest BCUT2D eigenvalue weighted by Crippen LogP contribution is -2.21. The first-order valence-corrected chi connectivity index (χ1v) is 5.59. The van der Waals surface area contributed by atoms with Crippen molar-refractivity contribution in [2.45, 2.75) is 32.8 Å². The molecule has 0 aromatic rings. The highest BCUT2D eigenvalue weighted by Crippen LogP contribution is 2.01. The highest BCUT2D eigenvalue weighted by Gasteiger charge is 2.11. The molecule has 0 aliphatic carbocycles. The smallest absolute Gasteiger partial charge is 0.376 e. The van der Waals surface area contributed by atoms with Crippen LogP contribution >= 0.6 is 0 Å². The second-order valence-electron chi connectivity index (χ2n) is 2.61. The van der Waals surface area contributed by atoms with Gasteiger partial charge in [-0.05, 0) is 12.8 Å². The van der Waals surface area contributed by atoms with Gasteiger partial charge < -0.3 is 4.74 Å². The first kappa shape index (κ1) is 12.8. The Labute approximate surface area is 79.0 Å². The molecule has 0 aromatic heterocycles. The largest absolute Gasteiger partial charge is 0.397 e. The first-order chi connectivity index (χ1) is 5.99. The maximum Gasteiger partial charge on any atom is 0.397 e. The lowest BCUT2D eigenvalue weighted by atomic mass is 10.3. The summed E-state index contributed by atoms with van der Waals surface area (Å²) in [6.07, 6.45) is 1.24. The maximum absolute atomic E-state index is 10.2. The maximum atomic E-state index is 10.2. The zero-order valence-electron chi connectivity index (χ0n) is 7.89. The third-order valence-electron chi connectivity index (χ3n) is 1.42. The first-order valence-electron chi connectivity index (χ1n) is 4.23. The van der Waals surface area contributed by atoms with Gasteiger partial charge in [0.05, 0.1) is 12.7 Å². The summed E-state index contributed by atoms with van der Waals surface area (Å²) in [5.41, 5.74) is 0. The molecule has 0 saturated carbocycles. The standard InChI is InChI=1S/C7H16O5S/c1-3-5-11-7(4-2)6-12-13(8,9)10/h7H,3-6H2,1-2H3,(H,8,9,10). The molecule has 0 saturated heterocycles. The van der Waals surface area contributed by atoms with E-state index in [0.717, 1.165) is 6.42 Å². The molecule has 0 heterocycles. The summed E-state index contributed by atoms with van der Waals surface area (Å²) in [5.74, 6) is 0. The van der Waals surface area contributed by atoms with E-state index in [1.807, 2.05) is 13.8 Å². The molecular formula is C7H16O5S. The van der Waals surface area contributed by atoms with Gasteiger partial charge in [-0.15, -0.1) is 0 Å². The van der Waals surface area contributed by atoms with E-state index in [1.54, 1.807) is 0 Å². The van der Waals surface area contributed by atoms with Crippen molar-refractivity contribution in [3.05, 3.63) is 0 Å². The highest BCUT2D eigenvalue weighted by atomic mass is 32.3. The van der Waals surface area contributed by atoms with Crippen molar-refractivity contribution in [3.63, 3.8) is 0 Å². The molecule has 5 nitrogen and oxygen atoms in total. The van der Waals surface area contributed by atoms with E-state index in [9.17, 15) is 8.42 Å². The summed E-state index contributed by atoms with van der Waals surface area (Å²) in [6.45, 7) is 4.24. The monoisotopic (exact) mass is 212 g/mol. The zero-order chi connectivity index (χ0) is 10.3. The minimum atomic E-state index is -4.33. The van der Waals surface area contributed by atoms with Crippen LogP contribution in [0.15, 0.2) is 0 Å². The Morgan fingerprint density at radius 2 is 2.00 bits per heavy atom. The molecule has 6 heteroatoms. The van der Waals surface area contributed by atoms with Crippen LogP contribution in [-0.4, -0.2) is 32.3 Å². The Balaban J connectivity index is 3.72. The third kappa shape index (κ3) is 8.17. The summed E-state index contributed by atoms with van der Waals surface area (Å²) < 4.78 is 38.1. The van der Waals surface area contributed by atoms with Crippen molar-refractivity contribution < 1.29 is 21.9 Å². The molecular weight excluding hydrogens is 196 g/mol. The Kier molecular flexibility index (Phi) is 6.23. The Morgan fingerprint density at radius 1 is 1.38 bits per heavy atom. The van der Waals surface area contributed by atoms with Crippen molar-refractivity contribution in [1.29, 1.82) is 0 Å². The summed E-state index contributed by atoms with van der Waals surface area (Å²) in [5, 5.41) is 0. The summed E-state index contributed by atoms with van der Waals surface area (Å²) >= 11 is 0. The van der Waals surface area contributed by atoms with Crippen LogP contribution in [0.25, 0.3) is 0 Å². The summed E-state index contributed by atoms with van der Waals surface area (Å²) in [7, 11) is -4.33. The topological polar surface area (TPSA) is 72.8 Å². The van der Waals surface area contributed by atoms with Gasteiger partial charge in [0, 0.05) is 6.61 Å². The number of hydrogen-bond acceptors (Lipinski definition) is 4. The van der Waals surface area contributed by atoms with Crippen LogP contribution < -0.4 is 0 Å². The second kappa shape index (κ2) is 6.31. The van der Waals surface area contributed by atoms with Gasteiger partial charge in [0.15, 0.2) is 0 Å². The fourth-order valence-corrected chi connectivity index (χ4v) is 1.05.